The highest BCUT2D eigenvalue weighted by atomic mass is 16.2. The number of nitrogens with zero attached hydrogens (tertiary/aromatic N) is 4. The molecule has 1 aromatic carbocycles. The van der Waals surface area contributed by atoms with Gasteiger partial charge in [0.25, 0.3) is 0 Å². The number of aromatic nitrogens is 3. The Bertz CT molecular complexity index is 770. The average molecular weight is 341 g/mol. The minimum Gasteiger partial charge on any atom is -0.324 e. The van der Waals surface area contributed by atoms with Gasteiger partial charge in [-0.15, -0.1) is 10.2 Å². The van der Waals surface area contributed by atoms with E-state index >= 15 is 0 Å². The zero-order valence-corrected chi connectivity index (χ0v) is 14.6. The fourth-order valence-electron chi connectivity index (χ4n) is 3.21. The van der Waals surface area contributed by atoms with Crippen molar-refractivity contribution in [3.63, 3.8) is 0 Å². The van der Waals surface area contributed by atoms with Crippen LogP contribution >= 0.6 is 0 Å². The third-order valence-corrected chi connectivity index (χ3v) is 4.58. The molecule has 1 fully saturated rings. The lowest BCUT2D eigenvalue weighted by Crippen LogP contribution is -2.42. The highest BCUT2D eigenvalue weighted by Crippen LogP contribution is 2.26. The van der Waals surface area contributed by atoms with Crippen molar-refractivity contribution in [2.24, 2.45) is 0 Å². The topological polar surface area (TPSA) is 80.1 Å². The van der Waals surface area contributed by atoms with Crippen LogP contribution in [0.5, 0.6) is 0 Å². The van der Waals surface area contributed by atoms with E-state index < -0.39 is 0 Å². The molecule has 2 aromatic rings. The van der Waals surface area contributed by atoms with Crippen LogP contribution in [-0.4, -0.2) is 44.6 Å². The van der Waals surface area contributed by atoms with Crippen molar-refractivity contribution in [2.45, 2.75) is 39.2 Å². The summed E-state index contributed by atoms with van der Waals surface area (Å²) in [5.74, 6) is 1.12. The molecule has 2 amide bonds. The number of carbonyl (C=O) groups is 2. The molecule has 132 valence electrons. The van der Waals surface area contributed by atoms with Crippen LogP contribution < -0.4 is 5.32 Å². The van der Waals surface area contributed by atoms with Crippen LogP contribution in [0.1, 0.15) is 48.8 Å². The number of anilines is 1. The Morgan fingerprint density at radius 2 is 2.20 bits per heavy atom. The van der Waals surface area contributed by atoms with E-state index in [1.54, 1.807) is 30.6 Å². The number of hydrogen-bond donors (Lipinski definition) is 1. The second kappa shape index (κ2) is 7.46. The lowest BCUT2D eigenvalue weighted by atomic mass is 9.97. The van der Waals surface area contributed by atoms with Crippen LogP contribution in [-0.2, 0) is 6.54 Å². The summed E-state index contributed by atoms with van der Waals surface area (Å²) in [7, 11) is 0. The summed E-state index contributed by atoms with van der Waals surface area (Å²) in [5.41, 5.74) is 1.22. The average Bonchev–Trinajstić information content (AvgIpc) is 3.11. The van der Waals surface area contributed by atoms with E-state index in [1.165, 1.54) is 6.92 Å². The molecule has 0 radical (unpaired) electrons. The van der Waals surface area contributed by atoms with Gasteiger partial charge in [-0.25, -0.2) is 4.79 Å². The molecule has 1 N–H and O–H groups in total. The van der Waals surface area contributed by atoms with Crippen LogP contribution in [0.3, 0.4) is 0 Å². The smallest absolute Gasteiger partial charge is 0.321 e. The second-order valence-electron chi connectivity index (χ2n) is 6.33. The first kappa shape index (κ1) is 17.1. The zero-order chi connectivity index (χ0) is 17.8. The van der Waals surface area contributed by atoms with E-state index in [4.69, 9.17) is 0 Å². The molecule has 7 nitrogen and oxygen atoms in total. The summed E-state index contributed by atoms with van der Waals surface area (Å²) in [6.45, 7) is 5.73. The lowest BCUT2D eigenvalue weighted by Gasteiger charge is -2.32. The van der Waals surface area contributed by atoms with E-state index in [-0.39, 0.29) is 17.7 Å². The van der Waals surface area contributed by atoms with Crippen LogP contribution in [0, 0.1) is 0 Å². The van der Waals surface area contributed by atoms with Crippen LogP contribution in [0.25, 0.3) is 0 Å². The Morgan fingerprint density at radius 1 is 1.36 bits per heavy atom. The van der Waals surface area contributed by atoms with Gasteiger partial charge in [0.05, 0.1) is 0 Å². The van der Waals surface area contributed by atoms with E-state index in [1.807, 2.05) is 9.47 Å². The molecule has 0 saturated carbocycles. The number of benzene rings is 1. The zero-order valence-electron chi connectivity index (χ0n) is 14.6. The first-order chi connectivity index (χ1) is 12.1. The maximum atomic E-state index is 12.6. The Balaban J connectivity index is 1.68. The molecule has 0 spiro atoms. The lowest BCUT2D eigenvalue weighted by molar-refractivity contribution is 0.101. The molecule has 1 saturated heterocycles. The molecule has 1 unspecified atom stereocenters. The third kappa shape index (κ3) is 3.87. The number of rotatable bonds is 4. The summed E-state index contributed by atoms with van der Waals surface area (Å²) in [5, 5.41) is 11.1. The van der Waals surface area contributed by atoms with Gasteiger partial charge in [-0.1, -0.05) is 12.1 Å². The summed E-state index contributed by atoms with van der Waals surface area (Å²) in [6, 6.07) is 6.86. The molecule has 0 aliphatic carbocycles. The first-order valence-electron chi connectivity index (χ1n) is 8.63. The van der Waals surface area contributed by atoms with E-state index in [0.717, 1.165) is 31.8 Å². The summed E-state index contributed by atoms with van der Waals surface area (Å²) in [6.07, 6.45) is 3.67. The molecule has 1 aliphatic heterocycles. The van der Waals surface area contributed by atoms with Crippen LogP contribution in [0.2, 0.25) is 0 Å². The summed E-state index contributed by atoms with van der Waals surface area (Å²) in [4.78, 5) is 25.9. The first-order valence-corrected chi connectivity index (χ1v) is 8.63. The highest BCUT2D eigenvalue weighted by Gasteiger charge is 2.27. The van der Waals surface area contributed by atoms with Gasteiger partial charge >= 0.3 is 6.03 Å². The Hall–Kier alpha value is -2.70. The third-order valence-electron chi connectivity index (χ3n) is 4.58. The number of piperidine rings is 1. The predicted octanol–water partition coefficient (Wildman–Crippen LogP) is 2.91. The van der Waals surface area contributed by atoms with Crippen molar-refractivity contribution < 1.29 is 9.59 Å². The number of aryl methyl sites for hydroxylation is 1. The fourth-order valence-corrected chi connectivity index (χ4v) is 3.21. The molecule has 1 atom stereocenters. The molecule has 25 heavy (non-hydrogen) atoms. The predicted molar refractivity (Wildman–Crippen MR) is 94.7 cm³/mol. The molecule has 1 aromatic heterocycles. The normalized spacial score (nSPS) is 17.4. The molecular formula is C18H23N5O2. The van der Waals surface area contributed by atoms with Gasteiger partial charge < -0.3 is 14.8 Å². The van der Waals surface area contributed by atoms with Gasteiger partial charge in [-0.05, 0) is 38.8 Å². The van der Waals surface area contributed by atoms with Crippen molar-refractivity contribution in [3.8, 4) is 0 Å². The van der Waals surface area contributed by atoms with E-state index in [2.05, 4.69) is 22.4 Å². The number of likely N-dealkylation sites (tertiary alicyclic amines) is 1. The Kier molecular flexibility index (Phi) is 5.11. The van der Waals surface area contributed by atoms with Crippen molar-refractivity contribution in [2.75, 3.05) is 18.4 Å². The minimum absolute atomic E-state index is 0.0203. The number of Topliss-reactive ketones (excluding diaryl/α,β-unsaturated/α-hetero) is 1. The summed E-state index contributed by atoms with van der Waals surface area (Å²) < 4.78 is 2.03. The standard InChI is InChI=1S/C18H23N5O2/c1-3-22-12-19-21-17(22)15-7-5-9-23(11-15)18(25)20-16-8-4-6-14(10-16)13(2)24/h4,6,8,10,12,15H,3,5,7,9,11H2,1-2H3,(H,20,25). The molecule has 7 heteroatoms. The number of hydrogen-bond acceptors (Lipinski definition) is 4. The van der Waals surface area contributed by atoms with E-state index in [9.17, 15) is 9.59 Å². The van der Waals surface area contributed by atoms with Crippen molar-refractivity contribution in [3.05, 3.63) is 42.0 Å². The molecule has 0 bridgehead atoms. The molecule has 1 aliphatic rings. The van der Waals surface area contributed by atoms with Gasteiger partial charge in [0.15, 0.2) is 5.78 Å². The number of nitrogens with one attached hydrogen (secondary N) is 1. The maximum Gasteiger partial charge on any atom is 0.321 e. The second-order valence-corrected chi connectivity index (χ2v) is 6.33. The van der Waals surface area contributed by atoms with Gasteiger partial charge in [-0.2, -0.15) is 0 Å². The monoisotopic (exact) mass is 341 g/mol. The fraction of sp³-hybridized carbons (Fsp3) is 0.444. The largest absolute Gasteiger partial charge is 0.324 e. The minimum atomic E-state index is -0.145. The van der Waals surface area contributed by atoms with Crippen molar-refractivity contribution >= 4 is 17.5 Å². The number of carbonyl (C=O) groups excluding carboxylic acids is 2. The van der Waals surface area contributed by atoms with Gasteiger partial charge in [0.1, 0.15) is 12.2 Å². The van der Waals surface area contributed by atoms with Gasteiger partial charge in [-0.3, -0.25) is 4.79 Å². The molecule has 2 heterocycles. The molecule has 3 rings (SSSR count). The number of amides is 2. The van der Waals surface area contributed by atoms with Crippen molar-refractivity contribution in [1.29, 1.82) is 0 Å². The SMILES string of the molecule is CCn1cnnc1C1CCCN(C(=O)Nc2cccc(C(C)=O)c2)C1. The Labute approximate surface area is 147 Å². The highest BCUT2D eigenvalue weighted by molar-refractivity contribution is 5.96. The number of ketones is 1. The van der Waals surface area contributed by atoms with Gasteiger partial charge in [0, 0.05) is 36.8 Å². The van der Waals surface area contributed by atoms with Crippen LogP contribution in [0.15, 0.2) is 30.6 Å². The quantitative estimate of drug-likeness (QED) is 0.867. The Morgan fingerprint density at radius 3 is 2.96 bits per heavy atom. The maximum absolute atomic E-state index is 12.6. The van der Waals surface area contributed by atoms with Crippen molar-refractivity contribution in [1.82, 2.24) is 19.7 Å². The summed E-state index contributed by atoms with van der Waals surface area (Å²) >= 11 is 0. The van der Waals surface area contributed by atoms with E-state index in [0.29, 0.717) is 17.8 Å². The number of urea groups is 1. The van der Waals surface area contributed by atoms with Gasteiger partial charge in [0.2, 0.25) is 0 Å². The molecular weight excluding hydrogens is 318 g/mol. The van der Waals surface area contributed by atoms with Crippen LogP contribution in [0.4, 0.5) is 10.5 Å².